The van der Waals surface area contributed by atoms with E-state index in [0.29, 0.717) is 0 Å². The van der Waals surface area contributed by atoms with Crippen LogP contribution < -0.4 is 10.6 Å². The molecular formula is C24H18Cl2N2O6. The minimum Gasteiger partial charge on any atom is -0.465 e. The maximum absolute atomic E-state index is 13.1. The Bertz CT molecular complexity index is 1190. The van der Waals surface area contributed by atoms with Gasteiger partial charge in [-0.3, -0.25) is 9.59 Å². The molecule has 8 nitrogen and oxygen atoms in total. The Morgan fingerprint density at radius 2 is 0.971 bits per heavy atom. The maximum atomic E-state index is 13.1. The molecule has 0 aliphatic carbocycles. The molecule has 3 rings (SSSR count). The zero-order valence-corrected chi connectivity index (χ0v) is 19.5. The lowest BCUT2D eigenvalue weighted by Gasteiger charge is -2.14. The number of amides is 2. The lowest BCUT2D eigenvalue weighted by Crippen LogP contribution is -2.22. The molecule has 0 unspecified atom stereocenters. The van der Waals surface area contributed by atoms with Crippen molar-refractivity contribution in [3.63, 3.8) is 0 Å². The summed E-state index contributed by atoms with van der Waals surface area (Å²) in [5, 5.41) is 5.26. The smallest absolute Gasteiger partial charge is 0.339 e. The van der Waals surface area contributed by atoms with Gasteiger partial charge in [-0.25, -0.2) is 9.59 Å². The average Bonchev–Trinajstić information content (AvgIpc) is 2.85. The van der Waals surface area contributed by atoms with Gasteiger partial charge in [0, 0.05) is 0 Å². The molecule has 0 heterocycles. The number of halogens is 2. The zero-order chi connectivity index (χ0) is 24.8. The quantitative estimate of drug-likeness (QED) is 0.457. The van der Waals surface area contributed by atoms with Crippen LogP contribution >= 0.6 is 23.2 Å². The van der Waals surface area contributed by atoms with Crippen LogP contribution in [0.15, 0.2) is 60.7 Å². The second-order valence-corrected chi connectivity index (χ2v) is 7.61. The minimum absolute atomic E-state index is 0.0413. The molecule has 0 radical (unpaired) electrons. The van der Waals surface area contributed by atoms with Crippen molar-refractivity contribution in [2.24, 2.45) is 0 Å². The predicted octanol–water partition coefficient (Wildman–Crippen LogP) is 5.07. The van der Waals surface area contributed by atoms with Gasteiger partial charge < -0.3 is 20.1 Å². The summed E-state index contributed by atoms with van der Waals surface area (Å²) < 4.78 is 9.47. The number of carbonyl (C=O) groups excluding carboxylic acids is 4. The molecule has 2 N–H and O–H groups in total. The summed E-state index contributed by atoms with van der Waals surface area (Å²) in [5.74, 6) is -2.74. The van der Waals surface area contributed by atoms with Gasteiger partial charge in [-0.15, -0.1) is 0 Å². The van der Waals surface area contributed by atoms with Crippen molar-refractivity contribution in [2.45, 2.75) is 0 Å². The number of benzene rings is 3. The second kappa shape index (κ2) is 10.8. The third kappa shape index (κ3) is 5.36. The highest BCUT2D eigenvalue weighted by Gasteiger charge is 2.23. The molecule has 0 saturated heterocycles. The molecule has 3 aromatic carbocycles. The average molecular weight is 501 g/mol. The van der Waals surface area contributed by atoms with Crippen molar-refractivity contribution in [1.29, 1.82) is 0 Å². The van der Waals surface area contributed by atoms with Crippen molar-refractivity contribution >= 4 is 58.3 Å². The molecule has 0 aromatic heterocycles. The molecule has 0 bridgehead atoms. The molecule has 0 aliphatic rings. The van der Waals surface area contributed by atoms with E-state index in [2.05, 4.69) is 10.6 Å². The van der Waals surface area contributed by atoms with Crippen LogP contribution in [0.1, 0.15) is 41.4 Å². The standard InChI is InChI=1S/C24H18Cl2N2O6/c1-33-23(31)13-7-3-5-9-19(13)27-21(29)15-11-17(25)18(26)12-16(15)22(30)28-20-10-6-4-8-14(20)24(32)34-2/h3-12H,1-2H3,(H,27,29)(H,28,30). The maximum Gasteiger partial charge on any atom is 0.339 e. The summed E-state index contributed by atoms with van der Waals surface area (Å²) >= 11 is 12.2. The van der Waals surface area contributed by atoms with Gasteiger partial charge >= 0.3 is 11.9 Å². The molecule has 34 heavy (non-hydrogen) atoms. The number of hydrogen-bond donors (Lipinski definition) is 2. The zero-order valence-electron chi connectivity index (χ0n) is 18.0. The van der Waals surface area contributed by atoms with Gasteiger partial charge in [0.2, 0.25) is 0 Å². The van der Waals surface area contributed by atoms with E-state index < -0.39 is 23.8 Å². The van der Waals surface area contributed by atoms with Crippen LogP contribution in [0.5, 0.6) is 0 Å². The van der Waals surface area contributed by atoms with E-state index in [0.717, 1.165) is 0 Å². The summed E-state index contributed by atoms with van der Waals surface area (Å²) in [6, 6.07) is 14.9. The summed E-state index contributed by atoms with van der Waals surface area (Å²) in [6.07, 6.45) is 0. The van der Waals surface area contributed by atoms with Crippen LogP contribution in [0.2, 0.25) is 10.0 Å². The van der Waals surface area contributed by atoms with E-state index >= 15 is 0 Å². The summed E-state index contributed by atoms with van der Waals surface area (Å²) in [5.41, 5.74) is 0.373. The van der Waals surface area contributed by atoms with E-state index in [1.165, 1.54) is 50.6 Å². The molecule has 0 spiro atoms. The van der Waals surface area contributed by atoms with Crippen molar-refractivity contribution in [3.8, 4) is 0 Å². The Morgan fingerprint density at radius 1 is 0.618 bits per heavy atom. The van der Waals surface area contributed by atoms with Crippen molar-refractivity contribution in [3.05, 3.63) is 93.0 Å². The van der Waals surface area contributed by atoms with Crippen LogP contribution in [0, 0.1) is 0 Å². The van der Waals surface area contributed by atoms with Crippen LogP contribution in [0.25, 0.3) is 0 Å². The number of nitrogens with one attached hydrogen (secondary N) is 2. The van der Waals surface area contributed by atoms with E-state index in [1.807, 2.05) is 0 Å². The van der Waals surface area contributed by atoms with Gasteiger partial charge in [0.15, 0.2) is 0 Å². The molecule has 0 atom stereocenters. The highest BCUT2D eigenvalue weighted by Crippen LogP contribution is 2.28. The molecule has 0 saturated carbocycles. The van der Waals surface area contributed by atoms with Crippen molar-refractivity contribution < 1.29 is 28.7 Å². The van der Waals surface area contributed by atoms with Crippen LogP contribution in [0.4, 0.5) is 11.4 Å². The van der Waals surface area contributed by atoms with Crippen molar-refractivity contribution in [2.75, 3.05) is 24.9 Å². The Hall–Kier alpha value is -3.88. The number of esters is 2. The van der Waals surface area contributed by atoms with Gasteiger partial charge in [0.1, 0.15) is 0 Å². The van der Waals surface area contributed by atoms with E-state index in [1.54, 1.807) is 24.3 Å². The van der Waals surface area contributed by atoms with E-state index in [-0.39, 0.29) is 43.7 Å². The number of hydrogen-bond acceptors (Lipinski definition) is 6. The van der Waals surface area contributed by atoms with Crippen LogP contribution in [0.3, 0.4) is 0 Å². The molecule has 174 valence electrons. The summed E-state index contributed by atoms with van der Waals surface area (Å²) in [7, 11) is 2.43. The first-order chi connectivity index (χ1) is 16.3. The van der Waals surface area contributed by atoms with Gasteiger partial charge in [-0.1, -0.05) is 47.5 Å². The van der Waals surface area contributed by atoms with Gasteiger partial charge in [-0.05, 0) is 36.4 Å². The molecule has 2 amide bonds. The van der Waals surface area contributed by atoms with E-state index in [9.17, 15) is 19.2 Å². The highest BCUT2D eigenvalue weighted by molar-refractivity contribution is 6.42. The van der Waals surface area contributed by atoms with Crippen molar-refractivity contribution in [1.82, 2.24) is 0 Å². The Morgan fingerprint density at radius 3 is 1.32 bits per heavy atom. The third-order valence-electron chi connectivity index (χ3n) is 4.71. The molecule has 0 fully saturated rings. The first-order valence-electron chi connectivity index (χ1n) is 9.73. The Kier molecular flexibility index (Phi) is 7.88. The highest BCUT2D eigenvalue weighted by atomic mass is 35.5. The third-order valence-corrected chi connectivity index (χ3v) is 5.43. The Balaban J connectivity index is 1.98. The van der Waals surface area contributed by atoms with Crippen LogP contribution in [-0.4, -0.2) is 38.0 Å². The molecule has 0 aliphatic heterocycles. The fourth-order valence-electron chi connectivity index (χ4n) is 3.06. The number of ether oxygens (including phenoxy) is 2. The number of methoxy groups -OCH3 is 2. The number of carbonyl (C=O) groups is 4. The first kappa shape index (κ1) is 24.8. The van der Waals surface area contributed by atoms with Crippen LogP contribution in [-0.2, 0) is 9.47 Å². The first-order valence-corrected chi connectivity index (χ1v) is 10.5. The SMILES string of the molecule is COC(=O)c1ccccc1NC(=O)c1cc(Cl)c(Cl)cc1C(=O)Nc1ccccc1C(=O)OC. The molecular weight excluding hydrogens is 483 g/mol. The largest absolute Gasteiger partial charge is 0.465 e. The Labute approximate surface area is 204 Å². The van der Waals surface area contributed by atoms with Gasteiger partial charge in [-0.2, -0.15) is 0 Å². The second-order valence-electron chi connectivity index (χ2n) is 6.79. The van der Waals surface area contributed by atoms with Gasteiger partial charge in [0.25, 0.3) is 11.8 Å². The predicted molar refractivity (Wildman–Crippen MR) is 128 cm³/mol. The summed E-state index contributed by atoms with van der Waals surface area (Å²) in [4.78, 5) is 50.3. The summed E-state index contributed by atoms with van der Waals surface area (Å²) in [6.45, 7) is 0. The monoisotopic (exact) mass is 500 g/mol. The fraction of sp³-hybridized carbons (Fsp3) is 0.0833. The lowest BCUT2D eigenvalue weighted by atomic mass is 10.0. The van der Waals surface area contributed by atoms with E-state index in [4.69, 9.17) is 32.7 Å². The number of anilines is 2. The van der Waals surface area contributed by atoms with Gasteiger partial charge in [0.05, 0.1) is 57.9 Å². The number of rotatable bonds is 6. The fourth-order valence-corrected chi connectivity index (χ4v) is 3.39. The number of para-hydroxylation sites is 2. The molecule has 3 aromatic rings. The normalized spacial score (nSPS) is 10.2. The lowest BCUT2D eigenvalue weighted by molar-refractivity contribution is 0.0592. The molecule has 10 heteroatoms. The topological polar surface area (TPSA) is 111 Å². The minimum atomic E-state index is -0.721.